The highest BCUT2D eigenvalue weighted by molar-refractivity contribution is 7.93. The highest BCUT2D eigenvalue weighted by Crippen LogP contribution is 2.36. The van der Waals surface area contributed by atoms with Gasteiger partial charge in [-0.3, -0.25) is 14.3 Å². The van der Waals surface area contributed by atoms with E-state index in [1.165, 1.54) is 0 Å². The van der Waals surface area contributed by atoms with Crippen LogP contribution in [0.3, 0.4) is 0 Å². The van der Waals surface area contributed by atoms with Crippen molar-refractivity contribution in [1.29, 1.82) is 0 Å². The standard InChI is InChI=1S/C22H29N7O5S/c1-13(2)34-19(20-24-8-14(3)9-25-20)15(4)35(30,31)28-22-27-26-21-17-6-7-23-10-18(17)33-12-16(11-32-5)29(21)22/h6-10,13,15-16,19H,11-12H2,1-5H3,(H,27,28)/t15?,16-,19?/m0/s1. The fourth-order valence-electron chi connectivity index (χ4n) is 3.75. The predicted molar refractivity (Wildman–Crippen MR) is 127 cm³/mol. The molecule has 4 heterocycles. The van der Waals surface area contributed by atoms with E-state index < -0.39 is 21.4 Å². The lowest BCUT2D eigenvalue weighted by Gasteiger charge is -2.26. The quantitative estimate of drug-likeness (QED) is 0.462. The van der Waals surface area contributed by atoms with Gasteiger partial charge in [0.25, 0.3) is 0 Å². The van der Waals surface area contributed by atoms with Gasteiger partial charge >= 0.3 is 0 Å². The van der Waals surface area contributed by atoms with E-state index in [1.54, 1.807) is 49.5 Å². The Kier molecular flexibility index (Phi) is 7.28. The Labute approximate surface area is 204 Å². The molecule has 35 heavy (non-hydrogen) atoms. The van der Waals surface area contributed by atoms with Crippen LogP contribution in [-0.4, -0.2) is 69.8 Å². The second-order valence-electron chi connectivity index (χ2n) is 8.59. The van der Waals surface area contributed by atoms with Crippen molar-refractivity contribution in [2.75, 3.05) is 25.0 Å². The molecule has 0 saturated carbocycles. The minimum Gasteiger partial charge on any atom is -0.489 e. The molecule has 13 heteroatoms. The fraction of sp³-hybridized carbons (Fsp3) is 0.500. The lowest BCUT2D eigenvalue weighted by molar-refractivity contribution is 0.00152. The molecule has 188 valence electrons. The first-order valence-corrected chi connectivity index (χ1v) is 12.7. The molecule has 4 rings (SSSR count). The van der Waals surface area contributed by atoms with Crippen molar-refractivity contribution in [1.82, 2.24) is 29.7 Å². The molecule has 3 aromatic rings. The first-order valence-electron chi connectivity index (χ1n) is 11.2. The van der Waals surface area contributed by atoms with Crippen LogP contribution in [0.2, 0.25) is 0 Å². The molecule has 0 bridgehead atoms. The number of pyridine rings is 1. The van der Waals surface area contributed by atoms with Gasteiger partial charge in [0.1, 0.15) is 23.7 Å². The topological polar surface area (TPSA) is 143 Å². The molecule has 1 aliphatic rings. The summed E-state index contributed by atoms with van der Waals surface area (Å²) >= 11 is 0. The Bertz CT molecular complexity index is 1260. The summed E-state index contributed by atoms with van der Waals surface area (Å²) in [6.07, 6.45) is 5.31. The molecular formula is C22H29N7O5S. The first-order chi connectivity index (χ1) is 16.7. The molecule has 0 radical (unpaired) electrons. The van der Waals surface area contributed by atoms with Crippen molar-refractivity contribution < 1.29 is 22.6 Å². The second kappa shape index (κ2) is 10.2. The number of methoxy groups -OCH3 is 1. The zero-order valence-electron chi connectivity index (χ0n) is 20.2. The van der Waals surface area contributed by atoms with E-state index in [4.69, 9.17) is 14.2 Å². The molecule has 0 spiro atoms. The van der Waals surface area contributed by atoms with Crippen LogP contribution in [0.1, 0.15) is 44.3 Å². The molecule has 0 aromatic carbocycles. The third kappa shape index (κ3) is 5.26. The van der Waals surface area contributed by atoms with Gasteiger partial charge in [0.05, 0.1) is 30.5 Å². The van der Waals surface area contributed by atoms with Gasteiger partial charge in [-0.1, -0.05) is 0 Å². The average molecular weight is 504 g/mol. The van der Waals surface area contributed by atoms with Gasteiger partial charge < -0.3 is 14.2 Å². The van der Waals surface area contributed by atoms with Crippen LogP contribution in [0, 0.1) is 6.92 Å². The summed E-state index contributed by atoms with van der Waals surface area (Å²) in [5.74, 6) is 1.32. The van der Waals surface area contributed by atoms with Gasteiger partial charge in [0, 0.05) is 25.7 Å². The van der Waals surface area contributed by atoms with E-state index in [1.807, 2.05) is 20.8 Å². The Morgan fingerprint density at radius 1 is 1.20 bits per heavy atom. The van der Waals surface area contributed by atoms with Crippen molar-refractivity contribution in [3.63, 3.8) is 0 Å². The maximum atomic E-state index is 13.5. The Morgan fingerprint density at radius 3 is 2.63 bits per heavy atom. The molecule has 0 amide bonds. The van der Waals surface area contributed by atoms with Crippen LogP contribution in [0.4, 0.5) is 5.95 Å². The van der Waals surface area contributed by atoms with Gasteiger partial charge in [-0.05, 0) is 39.3 Å². The van der Waals surface area contributed by atoms with Crippen LogP contribution in [-0.2, 0) is 19.5 Å². The van der Waals surface area contributed by atoms with E-state index in [2.05, 4.69) is 29.9 Å². The molecule has 1 N–H and O–H groups in total. The monoisotopic (exact) mass is 503 g/mol. The van der Waals surface area contributed by atoms with Crippen molar-refractivity contribution in [3.05, 3.63) is 42.2 Å². The number of anilines is 1. The number of sulfonamides is 1. The molecule has 12 nitrogen and oxygen atoms in total. The van der Waals surface area contributed by atoms with E-state index in [0.29, 0.717) is 17.1 Å². The largest absolute Gasteiger partial charge is 0.489 e. The third-order valence-electron chi connectivity index (χ3n) is 5.50. The van der Waals surface area contributed by atoms with E-state index >= 15 is 0 Å². The Balaban J connectivity index is 1.70. The third-order valence-corrected chi connectivity index (χ3v) is 7.19. The molecule has 0 aliphatic carbocycles. The molecule has 0 saturated heterocycles. The second-order valence-corrected chi connectivity index (χ2v) is 10.6. The summed E-state index contributed by atoms with van der Waals surface area (Å²) in [7, 11) is -2.46. The maximum Gasteiger partial charge on any atom is 0.240 e. The number of aromatic nitrogens is 6. The smallest absolute Gasteiger partial charge is 0.240 e. The Hall–Kier alpha value is -3.16. The van der Waals surface area contributed by atoms with Crippen LogP contribution in [0.5, 0.6) is 5.75 Å². The SMILES string of the molecule is COC[C@H]1COc2cnccc2-c2nnc(NS(=O)(=O)C(C)C(OC(C)C)c3ncc(C)cn3)n21. The lowest BCUT2D eigenvalue weighted by atomic mass is 10.2. The normalized spacial score (nSPS) is 17.1. The van der Waals surface area contributed by atoms with Gasteiger partial charge in [-0.25, -0.2) is 18.4 Å². The predicted octanol–water partition coefficient (Wildman–Crippen LogP) is 2.31. The van der Waals surface area contributed by atoms with Crippen molar-refractivity contribution in [3.8, 4) is 17.1 Å². The number of rotatable bonds is 9. The highest BCUT2D eigenvalue weighted by atomic mass is 32.2. The number of hydrogen-bond acceptors (Lipinski definition) is 10. The molecule has 2 unspecified atom stereocenters. The van der Waals surface area contributed by atoms with Crippen molar-refractivity contribution >= 4 is 16.0 Å². The number of nitrogens with zero attached hydrogens (tertiary/aromatic N) is 6. The van der Waals surface area contributed by atoms with Crippen molar-refractivity contribution in [2.45, 2.75) is 51.2 Å². The zero-order valence-corrected chi connectivity index (χ0v) is 21.1. The number of aryl methyl sites for hydroxylation is 1. The van der Waals surface area contributed by atoms with Crippen LogP contribution < -0.4 is 9.46 Å². The lowest BCUT2D eigenvalue weighted by Crippen LogP contribution is -2.35. The Morgan fingerprint density at radius 2 is 1.94 bits per heavy atom. The fourth-order valence-corrected chi connectivity index (χ4v) is 4.84. The molecule has 0 fully saturated rings. The minimum absolute atomic E-state index is 0.0512. The zero-order chi connectivity index (χ0) is 25.2. The summed E-state index contributed by atoms with van der Waals surface area (Å²) in [6, 6.07) is 1.36. The molecular weight excluding hydrogens is 474 g/mol. The maximum absolute atomic E-state index is 13.5. The average Bonchev–Trinajstić information content (AvgIpc) is 3.15. The molecule has 3 aromatic heterocycles. The number of fused-ring (bicyclic) bond motifs is 3. The van der Waals surface area contributed by atoms with Crippen LogP contribution >= 0.6 is 0 Å². The molecule has 3 atom stereocenters. The first kappa shape index (κ1) is 24.9. The van der Waals surface area contributed by atoms with Crippen LogP contribution in [0.25, 0.3) is 11.4 Å². The summed E-state index contributed by atoms with van der Waals surface area (Å²) in [4.78, 5) is 12.7. The van der Waals surface area contributed by atoms with Crippen molar-refractivity contribution in [2.24, 2.45) is 0 Å². The van der Waals surface area contributed by atoms with Gasteiger partial charge in [-0.2, -0.15) is 0 Å². The van der Waals surface area contributed by atoms with E-state index in [-0.39, 0.29) is 37.1 Å². The minimum atomic E-state index is -4.02. The summed E-state index contributed by atoms with van der Waals surface area (Å²) in [5, 5.41) is 7.38. The van der Waals surface area contributed by atoms with Crippen LogP contribution in [0.15, 0.2) is 30.9 Å². The summed E-state index contributed by atoms with van der Waals surface area (Å²) < 4.78 is 48.6. The van der Waals surface area contributed by atoms with Gasteiger partial charge in [0.15, 0.2) is 11.6 Å². The number of ether oxygens (including phenoxy) is 3. The summed E-state index contributed by atoms with van der Waals surface area (Å²) in [6.45, 7) is 7.54. The van der Waals surface area contributed by atoms with Gasteiger partial charge in [-0.15, -0.1) is 10.2 Å². The van der Waals surface area contributed by atoms with E-state index in [9.17, 15) is 8.42 Å². The van der Waals surface area contributed by atoms with E-state index in [0.717, 1.165) is 5.56 Å². The number of nitrogens with one attached hydrogen (secondary N) is 1. The highest BCUT2D eigenvalue weighted by Gasteiger charge is 2.36. The van der Waals surface area contributed by atoms with Gasteiger partial charge in [0.2, 0.25) is 16.0 Å². The molecule has 1 aliphatic heterocycles. The summed E-state index contributed by atoms with van der Waals surface area (Å²) in [5.41, 5.74) is 1.51. The number of hydrogen-bond donors (Lipinski definition) is 1.